The molecule has 0 rings (SSSR count). The minimum absolute atomic E-state index is 0.319. The van der Waals surface area contributed by atoms with E-state index in [2.05, 4.69) is 23.9 Å². The molecule has 0 aromatic heterocycles. The summed E-state index contributed by atoms with van der Waals surface area (Å²) >= 11 is 0. The molecule has 0 heterocycles. The zero-order valence-electron chi connectivity index (χ0n) is 10.1. The van der Waals surface area contributed by atoms with Crippen LogP contribution in [0.5, 0.6) is 0 Å². The summed E-state index contributed by atoms with van der Waals surface area (Å²) in [6, 6.07) is 0.419. The Bertz CT molecular complexity index is 190. The molecule has 0 aliphatic rings. The third-order valence-electron chi connectivity index (χ3n) is 2.29. The summed E-state index contributed by atoms with van der Waals surface area (Å²) in [6.07, 6.45) is 9.33. The van der Waals surface area contributed by atoms with Crippen LogP contribution in [0.15, 0.2) is 12.3 Å². The lowest BCUT2D eigenvalue weighted by molar-refractivity contribution is -0.134. The second-order valence-corrected chi connectivity index (χ2v) is 3.77. The molecule has 3 nitrogen and oxygen atoms in total. The average molecular weight is 213 g/mol. The number of carbonyl (C=O) groups is 1. The molecule has 3 heteroatoms. The van der Waals surface area contributed by atoms with Gasteiger partial charge in [-0.05, 0) is 13.3 Å². The first-order valence-corrected chi connectivity index (χ1v) is 5.71. The van der Waals surface area contributed by atoms with Crippen LogP contribution in [0.4, 0.5) is 0 Å². The van der Waals surface area contributed by atoms with Gasteiger partial charge in [0.2, 0.25) is 0 Å². The molecule has 15 heavy (non-hydrogen) atoms. The first-order valence-electron chi connectivity index (χ1n) is 5.71. The number of rotatable bonds is 8. The maximum absolute atomic E-state index is 10.7. The van der Waals surface area contributed by atoms with Gasteiger partial charge in [0.25, 0.3) is 0 Å². The number of methoxy groups -OCH3 is 1. The van der Waals surface area contributed by atoms with Crippen molar-refractivity contribution in [2.24, 2.45) is 0 Å². The van der Waals surface area contributed by atoms with Gasteiger partial charge < -0.3 is 10.1 Å². The maximum Gasteiger partial charge on any atom is 0.331 e. The summed E-state index contributed by atoms with van der Waals surface area (Å²) < 4.78 is 4.48. The highest BCUT2D eigenvalue weighted by molar-refractivity contribution is 5.81. The van der Waals surface area contributed by atoms with E-state index >= 15 is 0 Å². The normalized spacial score (nSPS) is 12.7. The van der Waals surface area contributed by atoms with Crippen LogP contribution in [0.3, 0.4) is 0 Å². The van der Waals surface area contributed by atoms with Crippen LogP contribution in [0, 0.1) is 0 Å². The number of unbranched alkanes of at least 4 members (excludes halogenated alkanes) is 3. The average Bonchev–Trinajstić information content (AvgIpc) is 2.24. The molecule has 1 N–H and O–H groups in total. The fourth-order valence-electron chi connectivity index (χ4n) is 1.31. The molecule has 0 aliphatic carbocycles. The van der Waals surface area contributed by atoms with Crippen LogP contribution >= 0.6 is 0 Å². The summed E-state index contributed by atoms with van der Waals surface area (Å²) in [4.78, 5) is 10.7. The van der Waals surface area contributed by atoms with E-state index in [4.69, 9.17) is 0 Å². The van der Waals surface area contributed by atoms with Gasteiger partial charge in [0.1, 0.15) is 0 Å². The van der Waals surface area contributed by atoms with Crippen molar-refractivity contribution in [3.63, 3.8) is 0 Å². The molecule has 1 unspecified atom stereocenters. The molecule has 0 aromatic rings. The summed E-state index contributed by atoms with van der Waals surface area (Å²) in [5, 5.41) is 3.14. The van der Waals surface area contributed by atoms with Crippen LogP contribution in [0.2, 0.25) is 0 Å². The van der Waals surface area contributed by atoms with Crippen molar-refractivity contribution < 1.29 is 9.53 Å². The maximum atomic E-state index is 10.7. The van der Waals surface area contributed by atoms with Gasteiger partial charge in [-0.15, -0.1) is 0 Å². The Balaban J connectivity index is 3.44. The van der Waals surface area contributed by atoms with Gasteiger partial charge in [-0.25, -0.2) is 4.79 Å². The standard InChI is InChI=1S/C12H23NO2/c1-4-5-6-7-8-11(2)13-10-9-12(14)15-3/h9-11,13H,4-8H2,1-3H3/b10-9+. The summed E-state index contributed by atoms with van der Waals surface area (Å²) in [5.41, 5.74) is 0. The Morgan fingerprint density at radius 2 is 2.13 bits per heavy atom. The minimum atomic E-state index is -0.319. The topological polar surface area (TPSA) is 38.3 Å². The van der Waals surface area contributed by atoms with Crippen molar-refractivity contribution in [1.29, 1.82) is 0 Å². The van der Waals surface area contributed by atoms with E-state index in [-0.39, 0.29) is 5.97 Å². The van der Waals surface area contributed by atoms with Crippen LogP contribution < -0.4 is 5.32 Å². The van der Waals surface area contributed by atoms with Crippen LogP contribution in [0.1, 0.15) is 46.0 Å². The SMILES string of the molecule is CCCCCCC(C)N/C=C/C(=O)OC. The minimum Gasteiger partial charge on any atom is -0.466 e. The monoisotopic (exact) mass is 213 g/mol. The highest BCUT2D eigenvalue weighted by Gasteiger charge is 1.98. The molecule has 0 bridgehead atoms. The van der Waals surface area contributed by atoms with Gasteiger partial charge in [0, 0.05) is 18.3 Å². The fraction of sp³-hybridized carbons (Fsp3) is 0.750. The zero-order chi connectivity index (χ0) is 11.5. The lowest BCUT2D eigenvalue weighted by Crippen LogP contribution is -2.20. The number of hydrogen-bond acceptors (Lipinski definition) is 3. The van der Waals surface area contributed by atoms with Crippen LogP contribution in [-0.2, 0) is 9.53 Å². The van der Waals surface area contributed by atoms with Crippen molar-refractivity contribution in [2.75, 3.05) is 7.11 Å². The number of hydrogen-bond donors (Lipinski definition) is 1. The van der Waals surface area contributed by atoms with E-state index in [0.29, 0.717) is 6.04 Å². The molecule has 1 atom stereocenters. The first kappa shape index (κ1) is 14.0. The van der Waals surface area contributed by atoms with Crippen molar-refractivity contribution in [1.82, 2.24) is 5.32 Å². The molecule has 0 saturated carbocycles. The van der Waals surface area contributed by atoms with Crippen LogP contribution in [0.25, 0.3) is 0 Å². The molecular formula is C12H23NO2. The highest BCUT2D eigenvalue weighted by Crippen LogP contribution is 2.04. The molecule has 0 radical (unpaired) electrons. The van der Waals surface area contributed by atoms with Crippen molar-refractivity contribution >= 4 is 5.97 Å². The number of ether oxygens (including phenoxy) is 1. The third-order valence-corrected chi connectivity index (χ3v) is 2.29. The lowest BCUT2D eigenvalue weighted by atomic mass is 10.1. The second-order valence-electron chi connectivity index (χ2n) is 3.77. The number of esters is 1. The zero-order valence-corrected chi connectivity index (χ0v) is 10.1. The Labute approximate surface area is 92.9 Å². The summed E-state index contributed by atoms with van der Waals surface area (Å²) in [6.45, 7) is 4.33. The Kier molecular flexibility index (Phi) is 8.93. The first-order chi connectivity index (χ1) is 7.20. The molecule has 0 aromatic carbocycles. The summed E-state index contributed by atoms with van der Waals surface area (Å²) in [7, 11) is 1.38. The van der Waals surface area contributed by atoms with E-state index in [1.54, 1.807) is 6.20 Å². The predicted molar refractivity (Wildman–Crippen MR) is 62.5 cm³/mol. The molecule has 0 saturated heterocycles. The van der Waals surface area contributed by atoms with E-state index in [9.17, 15) is 4.79 Å². The van der Waals surface area contributed by atoms with Crippen molar-refractivity contribution in [2.45, 2.75) is 52.0 Å². The van der Waals surface area contributed by atoms with Gasteiger partial charge in [0.15, 0.2) is 0 Å². The smallest absolute Gasteiger partial charge is 0.331 e. The molecule has 88 valence electrons. The van der Waals surface area contributed by atoms with Gasteiger partial charge in [0.05, 0.1) is 7.11 Å². The molecule has 0 spiro atoms. The number of nitrogens with one attached hydrogen (secondary N) is 1. The van der Waals surface area contributed by atoms with E-state index < -0.39 is 0 Å². The van der Waals surface area contributed by atoms with Crippen LogP contribution in [-0.4, -0.2) is 19.1 Å². The molecular weight excluding hydrogens is 190 g/mol. The second kappa shape index (κ2) is 9.56. The van der Waals surface area contributed by atoms with Crippen molar-refractivity contribution in [3.05, 3.63) is 12.3 Å². The van der Waals surface area contributed by atoms with E-state index in [1.807, 2.05) is 0 Å². The molecule has 0 fully saturated rings. The van der Waals surface area contributed by atoms with Gasteiger partial charge in [-0.1, -0.05) is 32.6 Å². The number of carbonyl (C=O) groups excluding carboxylic acids is 1. The largest absolute Gasteiger partial charge is 0.466 e. The quantitative estimate of drug-likeness (QED) is 0.382. The van der Waals surface area contributed by atoms with Gasteiger partial charge >= 0.3 is 5.97 Å². The highest BCUT2D eigenvalue weighted by atomic mass is 16.5. The molecule has 0 aliphatic heterocycles. The Morgan fingerprint density at radius 1 is 1.40 bits per heavy atom. The van der Waals surface area contributed by atoms with Gasteiger partial charge in [-0.2, -0.15) is 0 Å². The lowest BCUT2D eigenvalue weighted by Gasteiger charge is -2.10. The third kappa shape index (κ3) is 9.32. The van der Waals surface area contributed by atoms with E-state index in [0.717, 1.165) is 6.42 Å². The molecule has 0 amide bonds. The Hall–Kier alpha value is -0.990. The summed E-state index contributed by atoms with van der Waals surface area (Å²) in [5.74, 6) is -0.319. The predicted octanol–water partition coefficient (Wildman–Crippen LogP) is 2.62. The van der Waals surface area contributed by atoms with E-state index in [1.165, 1.54) is 38.9 Å². The van der Waals surface area contributed by atoms with Gasteiger partial charge in [-0.3, -0.25) is 0 Å². The van der Waals surface area contributed by atoms with Crippen molar-refractivity contribution in [3.8, 4) is 0 Å². The fourth-order valence-corrected chi connectivity index (χ4v) is 1.31. The Morgan fingerprint density at radius 3 is 2.73 bits per heavy atom.